The average Bonchev–Trinajstić information content (AvgIpc) is 3.35. The number of nitrogens with zero attached hydrogens (tertiary/aromatic N) is 2. The van der Waals surface area contributed by atoms with E-state index in [0.29, 0.717) is 13.0 Å². The molecule has 2 aliphatic rings. The molecule has 2 fully saturated rings. The molecule has 0 spiro atoms. The number of methoxy groups -OCH3 is 1. The van der Waals surface area contributed by atoms with Crippen LogP contribution in [0.25, 0.3) is 0 Å². The number of carbonyl (C=O) groups excluding carboxylic acids is 4. The predicted molar refractivity (Wildman–Crippen MR) is 112 cm³/mol. The second kappa shape index (κ2) is 10.6. The van der Waals surface area contributed by atoms with Gasteiger partial charge in [-0.2, -0.15) is 18.4 Å². The van der Waals surface area contributed by atoms with Crippen LogP contribution in [0.2, 0.25) is 0 Å². The van der Waals surface area contributed by atoms with Gasteiger partial charge in [0.15, 0.2) is 0 Å². The third-order valence-electron chi connectivity index (χ3n) is 6.00. The number of alkyl halides is 3. The summed E-state index contributed by atoms with van der Waals surface area (Å²) in [6, 6.07) is -1.87. The van der Waals surface area contributed by atoms with Gasteiger partial charge in [-0.15, -0.1) is 0 Å². The predicted octanol–water partition coefficient (Wildman–Crippen LogP) is 0.230. The van der Waals surface area contributed by atoms with Crippen molar-refractivity contribution in [2.45, 2.75) is 70.4 Å². The quantitative estimate of drug-likeness (QED) is 0.468. The Hall–Kier alpha value is -2.88. The van der Waals surface area contributed by atoms with Crippen LogP contribution in [0.5, 0.6) is 0 Å². The van der Waals surface area contributed by atoms with Gasteiger partial charge in [0.2, 0.25) is 17.7 Å². The summed E-state index contributed by atoms with van der Waals surface area (Å²) in [4.78, 5) is 50.9. The SMILES string of the molecule is CO[C@@H]1CCN(C(=O)[C@@H](NC(=O)C(F)(F)F)C(C)(C)C)[C@@H]1C(=O)N[C@H](C#N)C[C@@H]1CCNC1=O. The molecule has 0 aromatic heterocycles. The average molecular weight is 489 g/mol. The molecular weight excluding hydrogens is 459 g/mol. The van der Waals surface area contributed by atoms with Crippen LogP contribution in [0.4, 0.5) is 13.2 Å². The Kier molecular flexibility index (Phi) is 8.52. The van der Waals surface area contributed by atoms with Crippen LogP contribution in [0.15, 0.2) is 0 Å². The maximum atomic E-state index is 13.3. The highest BCUT2D eigenvalue weighted by atomic mass is 19.4. The van der Waals surface area contributed by atoms with Crippen molar-refractivity contribution in [3.63, 3.8) is 0 Å². The molecule has 2 rings (SSSR count). The van der Waals surface area contributed by atoms with Crippen LogP contribution in [-0.2, 0) is 23.9 Å². The highest BCUT2D eigenvalue weighted by Gasteiger charge is 2.49. The number of amides is 4. The Bertz CT molecular complexity index is 851. The van der Waals surface area contributed by atoms with Crippen molar-refractivity contribution in [2.75, 3.05) is 20.2 Å². The maximum absolute atomic E-state index is 13.3. The number of halogens is 3. The minimum Gasteiger partial charge on any atom is -0.379 e. The van der Waals surface area contributed by atoms with Crippen LogP contribution in [-0.4, -0.2) is 79.1 Å². The first kappa shape index (κ1) is 27.4. The Labute approximate surface area is 195 Å². The second-order valence-corrected chi connectivity index (χ2v) is 9.51. The van der Waals surface area contributed by atoms with E-state index in [1.165, 1.54) is 27.9 Å². The number of rotatable bonds is 7. The van der Waals surface area contributed by atoms with Gasteiger partial charge in [0, 0.05) is 26.1 Å². The highest BCUT2D eigenvalue weighted by molar-refractivity contribution is 5.94. The fourth-order valence-electron chi connectivity index (χ4n) is 4.15. The Morgan fingerprint density at radius 3 is 2.35 bits per heavy atom. The largest absolute Gasteiger partial charge is 0.471 e. The first-order valence-electron chi connectivity index (χ1n) is 10.9. The van der Waals surface area contributed by atoms with E-state index < -0.39 is 59.5 Å². The number of hydrogen-bond acceptors (Lipinski definition) is 6. The smallest absolute Gasteiger partial charge is 0.379 e. The van der Waals surface area contributed by atoms with Gasteiger partial charge in [0.25, 0.3) is 0 Å². The summed E-state index contributed by atoms with van der Waals surface area (Å²) in [5, 5.41) is 16.4. The van der Waals surface area contributed by atoms with Gasteiger partial charge >= 0.3 is 12.1 Å². The molecule has 3 N–H and O–H groups in total. The van der Waals surface area contributed by atoms with Gasteiger partial charge in [-0.3, -0.25) is 19.2 Å². The van der Waals surface area contributed by atoms with E-state index in [4.69, 9.17) is 4.74 Å². The molecule has 34 heavy (non-hydrogen) atoms. The number of ether oxygens (including phenoxy) is 1. The molecule has 2 saturated heterocycles. The summed E-state index contributed by atoms with van der Waals surface area (Å²) in [6.07, 6.45) is -5.12. The Morgan fingerprint density at radius 2 is 1.88 bits per heavy atom. The molecule has 2 heterocycles. The topological polar surface area (TPSA) is 141 Å². The van der Waals surface area contributed by atoms with Crippen molar-refractivity contribution in [3.05, 3.63) is 0 Å². The van der Waals surface area contributed by atoms with Crippen molar-refractivity contribution >= 4 is 23.6 Å². The number of nitriles is 1. The monoisotopic (exact) mass is 489 g/mol. The summed E-state index contributed by atoms with van der Waals surface area (Å²) in [7, 11) is 1.33. The summed E-state index contributed by atoms with van der Waals surface area (Å²) >= 11 is 0. The van der Waals surface area contributed by atoms with Crippen molar-refractivity contribution in [1.82, 2.24) is 20.9 Å². The lowest BCUT2D eigenvalue weighted by Gasteiger charge is -2.36. The van der Waals surface area contributed by atoms with Gasteiger partial charge in [-0.1, -0.05) is 20.8 Å². The summed E-state index contributed by atoms with van der Waals surface area (Å²) in [5.41, 5.74) is -1.10. The van der Waals surface area contributed by atoms with E-state index in [2.05, 4.69) is 10.6 Å². The molecule has 0 unspecified atom stereocenters. The van der Waals surface area contributed by atoms with Gasteiger partial charge in [0.1, 0.15) is 18.1 Å². The van der Waals surface area contributed by atoms with Crippen LogP contribution in [0.3, 0.4) is 0 Å². The number of carbonyl (C=O) groups is 4. The third-order valence-corrected chi connectivity index (χ3v) is 6.00. The molecule has 4 amide bonds. The molecule has 190 valence electrons. The molecule has 0 radical (unpaired) electrons. The molecule has 0 aromatic carbocycles. The highest BCUT2D eigenvalue weighted by Crippen LogP contribution is 2.28. The minimum atomic E-state index is -5.19. The molecule has 10 nitrogen and oxygen atoms in total. The molecule has 13 heteroatoms. The fraction of sp³-hybridized carbons (Fsp3) is 0.762. The van der Waals surface area contributed by atoms with Crippen LogP contribution < -0.4 is 16.0 Å². The first-order valence-corrected chi connectivity index (χ1v) is 10.9. The van der Waals surface area contributed by atoms with Gasteiger partial charge in [0.05, 0.1) is 12.2 Å². The molecular formula is C21H30F3N5O5. The molecule has 0 aliphatic carbocycles. The van der Waals surface area contributed by atoms with Gasteiger partial charge in [-0.05, 0) is 24.7 Å². The van der Waals surface area contributed by atoms with E-state index in [9.17, 15) is 37.6 Å². The van der Waals surface area contributed by atoms with Crippen molar-refractivity contribution in [2.24, 2.45) is 11.3 Å². The lowest BCUT2D eigenvalue weighted by atomic mass is 9.85. The van der Waals surface area contributed by atoms with Crippen LogP contribution in [0, 0.1) is 22.7 Å². The molecule has 0 saturated carbocycles. The van der Waals surface area contributed by atoms with E-state index in [1.54, 1.807) is 5.32 Å². The van der Waals surface area contributed by atoms with E-state index >= 15 is 0 Å². The normalized spacial score (nSPS) is 24.7. The summed E-state index contributed by atoms with van der Waals surface area (Å²) in [6.45, 7) is 4.95. The molecule has 2 aliphatic heterocycles. The van der Waals surface area contributed by atoms with Crippen molar-refractivity contribution in [3.8, 4) is 6.07 Å². The van der Waals surface area contributed by atoms with E-state index in [1.807, 2.05) is 6.07 Å². The first-order chi connectivity index (χ1) is 15.7. The van der Waals surface area contributed by atoms with Crippen LogP contribution in [0.1, 0.15) is 40.0 Å². The van der Waals surface area contributed by atoms with E-state index in [0.717, 1.165) is 4.90 Å². The lowest BCUT2D eigenvalue weighted by molar-refractivity contribution is -0.176. The zero-order valence-electron chi connectivity index (χ0n) is 19.5. The van der Waals surface area contributed by atoms with Crippen molar-refractivity contribution in [1.29, 1.82) is 5.26 Å². The van der Waals surface area contributed by atoms with Gasteiger partial charge in [-0.25, -0.2) is 0 Å². The fourth-order valence-corrected chi connectivity index (χ4v) is 4.15. The van der Waals surface area contributed by atoms with Crippen LogP contribution >= 0.6 is 0 Å². The number of likely N-dealkylation sites (tertiary alicyclic amines) is 1. The number of nitrogens with one attached hydrogen (secondary N) is 3. The minimum absolute atomic E-state index is 0.00610. The summed E-state index contributed by atoms with van der Waals surface area (Å²) in [5.74, 6) is -4.50. The zero-order valence-corrected chi connectivity index (χ0v) is 19.5. The lowest BCUT2D eigenvalue weighted by Crippen LogP contribution is -2.61. The second-order valence-electron chi connectivity index (χ2n) is 9.51. The standard InChI is InChI=1S/C21H30F3N5O5/c1-20(2,3)15(28-19(33)21(22,23)24)18(32)29-8-6-13(34-4)14(29)17(31)27-12(10-25)9-11-5-7-26-16(11)30/h11-15H,5-9H2,1-4H3,(H,26,30)(H,27,31)(H,28,33)/t11-,12-,13+,14-,15+/m0/s1. The molecule has 0 bridgehead atoms. The Balaban J connectivity index is 2.23. The molecule has 5 atom stereocenters. The Morgan fingerprint density at radius 1 is 1.24 bits per heavy atom. The number of hydrogen-bond donors (Lipinski definition) is 3. The molecule has 0 aromatic rings. The summed E-state index contributed by atoms with van der Waals surface area (Å²) < 4.78 is 43.9. The third kappa shape index (κ3) is 6.37. The van der Waals surface area contributed by atoms with Crippen molar-refractivity contribution < 1.29 is 37.1 Å². The van der Waals surface area contributed by atoms with Gasteiger partial charge < -0.3 is 25.6 Å². The van der Waals surface area contributed by atoms with E-state index in [-0.39, 0.29) is 25.3 Å². The maximum Gasteiger partial charge on any atom is 0.471 e. The zero-order chi connectivity index (χ0) is 25.8.